The third-order valence-corrected chi connectivity index (χ3v) is 2.95. The zero-order valence-electron chi connectivity index (χ0n) is 9.51. The second kappa shape index (κ2) is 5.09. The van der Waals surface area contributed by atoms with E-state index in [4.69, 9.17) is 10.5 Å². The third kappa shape index (κ3) is 2.30. The van der Waals surface area contributed by atoms with Crippen molar-refractivity contribution in [1.82, 2.24) is 9.97 Å². The van der Waals surface area contributed by atoms with Crippen molar-refractivity contribution in [3.63, 3.8) is 0 Å². The quantitative estimate of drug-likeness (QED) is 0.862. The number of ether oxygens (including phenoxy) is 1. The lowest BCUT2D eigenvalue weighted by atomic mass is 10.2. The van der Waals surface area contributed by atoms with E-state index in [0.717, 1.165) is 11.3 Å². The van der Waals surface area contributed by atoms with E-state index in [0.29, 0.717) is 0 Å². The van der Waals surface area contributed by atoms with E-state index >= 15 is 0 Å². The molecule has 0 aliphatic carbocycles. The highest BCUT2D eigenvalue weighted by Gasteiger charge is 2.22. The van der Waals surface area contributed by atoms with Gasteiger partial charge in [0.15, 0.2) is 10.9 Å². The van der Waals surface area contributed by atoms with Crippen LogP contribution < -0.4 is 5.73 Å². The van der Waals surface area contributed by atoms with Gasteiger partial charge in [-0.05, 0) is 19.1 Å². The van der Waals surface area contributed by atoms with Gasteiger partial charge in [0, 0.05) is 6.20 Å². The SMILES string of the molecule is CCOC(=O)c1sc(N)nc1-c1ncccc1F. The number of esters is 1. The van der Waals surface area contributed by atoms with Gasteiger partial charge in [0.25, 0.3) is 0 Å². The number of nitrogens with zero attached hydrogens (tertiary/aromatic N) is 2. The molecule has 0 unspecified atom stereocenters. The number of nitrogen functional groups attached to an aromatic ring is 1. The minimum atomic E-state index is -0.577. The standard InChI is InChI=1S/C11H10FN3O2S/c1-2-17-10(16)9-8(15-11(13)18-9)7-6(12)4-3-5-14-7/h3-5H,2H2,1H3,(H2,13,15). The van der Waals surface area contributed by atoms with Crippen LogP contribution in [0.15, 0.2) is 18.3 Å². The fourth-order valence-corrected chi connectivity index (χ4v) is 2.12. The van der Waals surface area contributed by atoms with Gasteiger partial charge in [0.1, 0.15) is 16.3 Å². The van der Waals surface area contributed by atoms with E-state index in [2.05, 4.69) is 9.97 Å². The molecule has 0 saturated heterocycles. The van der Waals surface area contributed by atoms with Crippen molar-refractivity contribution in [1.29, 1.82) is 0 Å². The Bertz CT molecular complexity index is 585. The summed E-state index contributed by atoms with van der Waals surface area (Å²) in [5.74, 6) is -1.14. The number of aromatic nitrogens is 2. The van der Waals surface area contributed by atoms with Gasteiger partial charge in [0.05, 0.1) is 6.61 Å². The van der Waals surface area contributed by atoms with Crippen LogP contribution in [0.1, 0.15) is 16.6 Å². The molecule has 18 heavy (non-hydrogen) atoms. The number of carbonyl (C=O) groups excluding carboxylic acids is 1. The number of carbonyl (C=O) groups is 1. The molecule has 2 rings (SSSR count). The van der Waals surface area contributed by atoms with Crippen molar-refractivity contribution >= 4 is 22.4 Å². The van der Waals surface area contributed by atoms with Crippen molar-refractivity contribution in [2.45, 2.75) is 6.92 Å². The van der Waals surface area contributed by atoms with Gasteiger partial charge in [-0.3, -0.25) is 4.98 Å². The lowest BCUT2D eigenvalue weighted by molar-refractivity contribution is 0.0532. The Morgan fingerprint density at radius 3 is 3.00 bits per heavy atom. The van der Waals surface area contributed by atoms with Gasteiger partial charge in [0.2, 0.25) is 0 Å². The Labute approximate surface area is 106 Å². The summed E-state index contributed by atoms with van der Waals surface area (Å²) in [6, 6.07) is 2.70. The molecular weight excluding hydrogens is 257 g/mol. The van der Waals surface area contributed by atoms with Gasteiger partial charge in [-0.1, -0.05) is 11.3 Å². The molecule has 2 heterocycles. The molecule has 0 aliphatic rings. The Balaban J connectivity index is 2.51. The summed E-state index contributed by atoms with van der Waals surface area (Å²) in [6.45, 7) is 1.91. The van der Waals surface area contributed by atoms with Crippen LogP contribution >= 0.6 is 11.3 Å². The first kappa shape index (κ1) is 12.4. The normalized spacial score (nSPS) is 10.3. The van der Waals surface area contributed by atoms with E-state index in [1.54, 1.807) is 6.92 Å². The smallest absolute Gasteiger partial charge is 0.350 e. The highest BCUT2D eigenvalue weighted by molar-refractivity contribution is 7.17. The number of thiazole rings is 1. The highest BCUT2D eigenvalue weighted by Crippen LogP contribution is 2.30. The average molecular weight is 267 g/mol. The highest BCUT2D eigenvalue weighted by atomic mass is 32.1. The molecule has 2 N–H and O–H groups in total. The van der Waals surface area contributed by atoms with Crippen molar-refractivity contribution in [3.8, 4) is 11.4 Å². The van der Waals surface area contributed by atoms with E-state index < -0.39 is 11.8 Å². The second-order valence-corrected chi connectivity index (χ2v) is 4.31. The number of anilines is 1. The Morgan fingerprint density at radius 2 is 2.33 bits per heavy atom. The lowest BCUT2D eigenvalue weighted by Crippen LogP contribution is -2.05. The first-order chi connectivity index (χ1) is 8.63. The van der Waals surface area contributed by atoms with Crippen LogP contribution in [0.2, 0.25) is 0 Å². The molecule has 0 spiro atoms. The molecule has 5 nitrogen and oxygen atoms in total. The van der Waals surface area contributed by atoms with Crippen LogP contribution in [-0.4, -0.2) is 22.5 Å². The van der Waals surface area contributed by atoms with Crippen molar-refractivity contribution in [3.05, 3.63) is 29.0 Å². The first-order valence-corrected chi connectivity index (χ1v) is 5.99. The predicted molar refractivity (Wildman–Crippen MR) is 65.7 cm³/mol. The zero-order valence-corrected chi connectivity index (χ0v) is 10.3. The van der Waals surface area contributed by atoms with E-state index in [1.165, 1.54) is 18.3 Å². The minimum Gasteiger partial charge on any atom is -0.462 e. The fraction of sp³-hybridized carbons (Fsp3) is 0.182. The molecule has 2 aromatic heterocycles. The van der Waals surface area contributed by atoms with Gasteiger partial charge in [-0.2, -0.15) is 0 Å². The molecule has 0 atom stereocenters. The summed E-state index contributed by atoms with van der Waals surface area (Å²) in [4.78, 5) is 19.7. The van der Waals surface area contributed by atoms with E-state index in [1.807, 2.05) is 0 Å². The van der Waals surface area contributed by atoms with Crippen LogP contribution in [0, 0.1) is 5.82 Å². The molecule has 0 fully saturated rings. The number of nitrogens with two attached hydrogens (primary N) is 1. The summed E-state index contributed by atoms with van der Waals surface area (Å²) in [6.07, 6.45) is 1.42. The fourth-order valence-electron chi connectivity index (χ4n) is 1.39. The second-order valence-electron chi connectivity index (χ2n) is 3.28. The zero-order chi connectivity index (χ0) is 13.1. The third-order valence-electron chi connectivity index (χ3n) is 2.09. The number of pyridine rings is 1. The Morgan fingerprint density at radius 1 is 1.56 bits per heavy atom. The van der Waals surface area contributed by atoms with Crippen LogP contribution in [0.25, 0.3) is 11.4 Å². The topological polar surface area (TPSA) is 78.1 Å². The first-order valence-electron chi connectivity index (χ1n) is 5.17. The number of rotatable bonds is 3. The summed E-state index contributed by atoms with van der Waals surface area (Å²) < 4.78 is 18.5. The molecule has 2 aromatic rings. The van der Waals surface area contributed by atoms with Crippen molar-refractivity contribution < 1.29 is 13.9 Å². The molecule has 0 radical (unpaired) electrons. The Kier molecular flexibility index (Phi) is 3.52. The van der Waals surface area contributed by atoms with E-state index in [9.17, 15) is 9.18 Å². The van der Waals surface area contributed by atoms with Gasteiger partial charge < -0.3 is 10.5 Å². The monoisotopic (exact) mass is 267 g/mol. The van der Waals surface area contributed by atoms with E-state index in [-0.39, 0.29) is 28.0 Å². The Hall–Kier alpha value is -2.02. The maximum absolute atomic E-state index is 13.6. The molecule has 0 bridgehead atoms. The summed E-state index contributed by atoms with van der Waals surface area (Å²) in [5, 5.41) is 0.165. The molecule has 0 aromatic carbocycles. The van der Waals surface area contributed by atoms with Crippen molar-refractivity contribution in [2.24, 2.45) is 0 Å². The largest absolute Gasteiger partial charge is 0.462 e. The summed E-state index contributed by atoms with van der Waals surface area (Å²) in [5.41, 5.74) is 5.66. The number of hydrogen-bond acceptors (Lipinski definition) is 6. The van der Waals surface area contributed by atoms with Crippen molar-refractivity contribution in [2.75, 3.05) is 12.3 Å². The maximum atomic E-state index is 13.6. The molecule has 0 amide bonds. The van der Waals surface area contributed by atoms with Crippen LogP contribution in [0.5, 0.6) is 0 Å². The van der Waals surface area contributed by atoms with Crippen LogP contribution in [-0.2, 0) is 4.74 Å². The molecule has 0 aliphatic heterocycles. The maximum Gasteiger partial charge on any atom is 0.350 e. The average Bonchev–Trinajstić information content (AvgIpc) is 2.72. The molecule has 94 valence electrons. The van der Waals surface area contributed by atoms with Crippen LogP contribution in [0.4, 0.5) is 9.52 Å². The lowest BCUT2D eigenvalue weighted by Gasteiger charge is -2.02. The van der Waals surface area contributed by atoms with Gasteiger partial charge in [-0.15, -0.1) is 0 Å². The number of hydrogen-bond donors (Lipinski definition) is 1. The van der Waals surface area contributed by atoms with Gasteiger partial charge in [-0.25, -0.2) is 14.2 Å². The minimum absolute atomic E-state index is 0.00602. The summed E-state index contributed by atoms with van der Waals surface area (Å²) >= 11 is 0.951. The van der Waals surface area contributed by atoms with Gasteiger partial charge >= 0.3 is 5.97 Å². The molecule has 0 saturated carbocycles. The predicted octanol–water partition coefficient (Wildman–Crippen LogP) is 2.10. The molecule has 7 heteroatoms. The van der Waals surface area contributed by atoms with Crippen LogP contribution in [0.3, 0.4) is 0 Å². The number of halogens is 1. The molecular formula is C11H10FN3O2S. The summed E-state index contributed by atoms with van der Waals surface area (Å²) in [7, 11) is 0.